The van der Waals surface area contributed by atoms with Crippen LogP contribution in [-0.2, 0) is 16.5 Å². The molecule has 24 heavy (non-hydrogen) atoms. The molecular formula is C13H16N6O5. The van der Waals surface area contributed by atoms with E-state index in [9.17, 15) is 15.0 Å². The Morgan fingerprint density at radius 1 is 1.42 bits per heavy atom. The lowest BCUT2D eigenvalue weighted by molar-refractivity contribution is -0.0583. The summed E-state index contributed by atoms with van der Waals surface area (Å²) in [6.45, 7) is -0.355. The van der Waals surface area contributed by atoms with Crippen molar-refractivity contribution in [3.63, 3.8) is 0 Å². The first-order valence-electron chi connectivity index (χ1n) is 7.31. The van der Waals surface area contributed by atoms with E-state index in [0.29, 0.717) is 11.4 Å². The maximum absolute atomic E-state index is 12.5. The zero-order valence-corrected chi connectivity index (χ0v) is 13.0. The lowest BCUT2D eigenvalue weighted by Crippen LogP contribution is -2.34. The Morgan fingerprint density at radius 2 is 2.21 bits per heavy atom. The number of aliphatic hydroxyl groups is 2. The van der Waals surface area contributed by atoms with Crippen molar-refractivity contribution in [2.45, 2.75) is 24.5 Å². The lowest BCUT2D eigenvalue weighted by Gasteiger charge is -2.19. The molecule has 0 saturated carbocycles. The van der Waals surface area contributed by atoms with Gasteiger partial charge < -0.3 is 24.3 Å². The predicted molar refractivity (Wildman–Crippen MR) is 79.3 cm³/mol. The summed E-state index contributed by atoms with van der Waals surface area (Å²) < 4.78 is 15.3. The summed E-state index contributed by atoms with van der Waals surface area (Å²) >= 11 is 0. The third kappa shape index (κ3) is 1.92. The van der Waals surface area contributed by atoms with Crippen LogP contribution in [0.15, 0.2) is 17.4 Å². The van der Waals surface area contributed by atoms with Crippen LogP contribution in [-0.4, -0.2) is 71.0 Å². The highest BCUT2D eigenvalue weighted by molar-refractivity contribution is 5.71. The van der Waals surface area contributed by atoms with Gasteiger partial charge in [0.2, 0.25) is 5.78 Å². The van der Waals surface area contributed by atoms with Crippen LogP contribution in [0.25, 0.3) is 16.9 Å². The molecule has 0 radical (unpaired) electrons. The zero-order valence-electron chi connectivity index (χ0n) is 13.0. The van der Waals surface area contributed by atoms with Gasteiger partial charge in [-0.15, -0.1) is 0 Å². The molecule has 11 nitrogen and oxygen atoms in total. The van der Waals surface area contributed by atoms with E-state index in [1.54, 1.807) is 11.6 Å². The second kappa shape index (κ2) is 5.34. The molecule has 0 aliphatic carbocycles. The first-order chi connectivity index (χ1) is 11.6. The first kappa shape index (κ1) is 15.2. The van der Waals surface area contributed by atoms with Crippen molar-refractivity contribution in [2.24, 2.45) is 7.05 Å². The summed E-state index contributed by atoms with van der Waals surface area (Å²) in [6.07, 6.45) is -0.423. The van der Waals surface area contributed by atoms with Crippen LogP contribution in [0.5, 0.6) is 0 Å². The highest BCUT2D eigenvalue weighted by Gasteiger charge is 2.45. The molecule has 0 aromatic carbocycles. The average molecular weight is 336 g/mol. The molecule has 11 heteroatoms. The maximum atomic E-state index is 12.5. The smallest absolute Gasteiger partial charge is 0.303 e. The van der Waals surface area contributed by atoms with Crippen molar-refractivity contribution in [3.05, 3.63) is 23.0 Å². The van der Waals surface area contributed by atoms with Gasteiger partial charge in [-0.1, -0.05) is 0 Å². The molecule has 3 aromatic rings. The maximum Gasteiger partial charge on any atom is 0.303 e. The molecule has 0 unspecified atom stereocenters. The van der Waals surface area contributed by atoms with Crippen LogP contribution in [0.3, 0.4) is 0 Å². The van der Waals surface area contributed by atoms with E-state index in [2.05, 4.69) is 15.1 Å². The Hall–Kier alpha value is -2.34. The summed E-state index contributed by atoms with van der Waals surface area (Å²) in [4.78, 5) is 21.0. The van der Waals surface area contributed by atoms with E-state index in [1.165, 1.54) is 24.3 Å². The van der Waals surface area contributed by atoms with Crippen LogP contribution in [0.1, 0.15) is 6.23 Å². The van der Waals surface area contributed by atoms with E-state index in [1.807, 2.05) is 0 Å². The number of hydrogen-bond donors (Lipinski definition) is 2. The second-order valence-electron chi connectivity index (χ2n) is 5.63. The molecule has 2 N–H and O–H groups in total. The van der Waals surface area contributed by atoms with Gasteiger partial charge in [-0.25, -0.2) is 4.98 Å². The van der Waals surface area contributed by atoms with Crippen molar-refractivity contribution in [2.75, 3.05) is 13.7 Å². The van der Waals surface area contributed by atoms with Gasteiger partial charge >= 0.3 is 5.56 Å². The van der Waals surface area contributed by atoms with Gasteiger partial charge in [-0.3, -0.25) is 9.36 Å². The van der Waals surface area contributed by atoms with Crippen LogP contribution in [0, 0.1) is 0 Å². The fraction of sp³-hybridized carbons (Fsp3) is 0.538. The van der Waals surface area contributed by atoms with E-state index < -0.39 is 30.1 Å². The van der Waals surface area contributed by atoms with Crippen molar-refractivity contribution in [1.29, 1.82) is 0 Å². The fourth-order valence-electron chi connectivity index (χ4n) is 3.00. The van der Waals surface area contributed by atoms with Gasteiger partial charge in [-0.2, -0.15) is 14.6 Å². The Morgan fingerprint density at radius 3 is 2.92 bits per heavy atom. The van der Waals surface area contributed by atoms with Crippen molar-refractivity contribution < 1.29 is 19.7 Å². The van der Waals surface area contributed by atoms with Gasteiger partial charge in [0.05, 0.1) is 12.9 Å². The largest absolute Gasteiger partial charge is 0.394 e. The summed E-state index contributed by atoms with van der Waals surface area (Å²) in [5, 5.41) is 23.5. The molecule has 1 fully saturated rings. The monoisotopic (exact) mass is 336 g/mol. The van der Waals surface area contributed by atoms with Crippen molar-refractivity contribution in [3.8, 4) is 0 Å². The molecule has 4 atom stereocenters. The highest BCUT2D eigenvalue weighted by atomic mass is 16.6. The fourth-order valence-corrected chi connectivity index (χ4v) is 3.00. The summed E-state index contributed by atoms with van der Waals surface area (Å²) in [7, 11) is 3.15. The zero-order chi connectivity index (χ0) is 17.0. The molecule has 4 heterocycles. The molecule has 3 aromatic heterocycles. The number of methoxy groups -OCH3 is 1. The molecular weight excluding hydrogens is 320 g/mol. The number of aryl methyl sites for hydroxylation is 1. The Labute approximate surface area is 134 Å². The third-order valence-corrected chi connectivity index (χ3v) is 4.25. The lowest BCUT2D eigenvalue weighted by atomic mass is 10.1. The van der Waals surface area contributed by atoms with E-state index >= 15 is 0 Å². The molecule has 0 amide bonds. The molecule has 1 aliphatic rings. The minimum atomic E-state index is -1.01. The SMILES string of the molecule is CO[C@@H]1[C@H](O)[C@@H](CO)O[C@H]1n1cnc2c(=O)n3ncn(C)c3nc21. The van der Waals surface area contributed by atoms with Gasteiger partial charge in [0.15, 0.2) is 17.4 Å². The standard InChI is InChI=1S/C13H16N6O5/c1-17-5-15-19-11(22)7-10(16-13(17)19)18(4-14-7)12-9(23-2)8(21)6(3-20)24-12/h4-6,8-9,12,20-21H,3H2,1-2H3/t6-,8-,9-,12-/m1/s1. The van der Waals surface area contributed by atoms with Crippen molar-refractivity contribution >= 4 is 16.9 Å². The Kier molecular flexibility index (Phi) is 3.38. The molecule has 1 aliphatic heterocycles. The van der Waals surface area contributed by atoms with Crippen LogP contribution >= 0.6 is 0 Å². The molecule has 4 rings (SSSR count). The topological polar surface area (TPSA) is 129 Å². The van der Waals surface area contributed by atoms with Gasteiger partial charge in [0.1, 0.15) is 24.6 Å². The molecule has 128 valence electrons. The number of rotatable bonds is 3. The summed E-state index contributed by atoms with van der Waals surface area (Å²) in [6, 6.07) is 0. The molecule has 1 saturated heterocycles. The van der Waals surface area contributed by atoms with E-state index in [0.717, 1.165) is 4.52 Å². The number of aliphatic hydroxyl groups excluding tert-OH is 2. The number of imidazole rings is 1. The molecule has 0 bridgehead atoms. The predicted octanol–water partition coefficient (Wildman–Crippen LogP) is -1.96. The highest BCUT2D eigenvalue weighted by Crippen LogP contribution is 2.32. The van der Waals surface area contributed by atoms with Crippen LogP contribution in [0.4, 0.5) is 0 Å². The van der Waals surface area contributed by atoms with E-state index in [4.69, 9.17) is 9.47 Å². The normalized spacial score (nSPS) is 27.5. The van der Waals surface area contributed by atoms with E-state index in [-0.39, 0.29) is 12.1 Å². The number of fused-ring (bicyclic) bond motifs is 2. The van der Waals surface area contributed by atoms with Gasteiger partial charge in [0.25, 0.3) is 0 Å². The van der Waals surface area contributed by atoms with Crippen LogP contribution < -0.4 is 5.56 Å². The summed E-state index contributed by atoms with van der Waals surface area (Å²) in [5.41, 5.74) is 0.0219. The average Bonchev–Trinajstić information content (AvgIpc) is 3.24. The Bertz CT molecular complexity index is 961. The number of aromatic nitrogens is 6. The van der Waals surface area contributed by atoms with Crippen LogP contribution in [0.2, 0.25) is 0 Å². The number of ether oxygens (including phenoxy) is 2. The van der Waals surface area contributed by atoms with Gasteiger partial charge in [-0.05, 0) is 0 Å². The molecule has 0 spiro atoms. The van der Waals surface area contributed by atoms with Gasteiger partial charge in [0, 0.05) is 14.2 Å². The third-order valence-electron chi connectivity index (χ3n) is 4.25. The first-order valence-corrected chi connectivity index (χ1v) is 7.31. The quantitative estimate of drug-likeness (QED) is 0.564. The minimum absolute atomic E-state index is 0.131. The summed E-state index contributed by atoms with van der Waals surface area (Å²) in [5.74, 6) is 0.348. The Balaban J connectivity index is 1.91. The number of nitrogens with zero attached hydrogens (tertiary/aromatic N) is 6. The second-order valence-corrected chi connectivity index (χ2v) is 5.63. The minimum Gasteiger partial charge on any atom is -0.394 e. The number of hydrogen-bond acceptors (Lipinski definition) is 8. The van der Waals surface area contributed by atoms with Crippen molar-refractivity contribution in [1.82, 2.24) is 28.7 Å².